The number of nitrogens with zero attached hydrogens (tertiary/aromatic N) is 5. The molecule has 2 rings (SSSR count). The predicted molar refractivity (Wildman–Crippen MR) is 98.9 cm³/mol. The zero-order valence-electron chi connectivity index (χ0n) is 15.8. The molecule has 2 atom stereocenters. The lowest BCUT2D eigenvalue weighted by molar-refractivity contribution is -0.122. The highest BCUT2D eigenvalue weighted by Gasteiger charge is 2.44. The number of likely N-dealkylation sites (N-methyl/N-ethyl adjacent to an activating group) is 1. The third-order valence-corrected chi connectivity index (χ3v) is 4.17. The number of benzene rings is 1. The molecule has 8 nitrogen and oxygen atoms in total. The molecule has 1 heterocycles. The summed E-state index contributed by atoms with van der Waals surface area (Å²) in [5.74, 6) is -0.309. The average Bonchev–Trinajstić information content (AvgIpc) is 2.96. The highest BCUT2D eigenvalue weighted by molar-refractivity contribution is 5.99. The van der Waals surface area contributed by atoms with Crippen LogP contribution in [0.4, 0.5) is 10.5 Å². The van der Waals surface area contributed by atoms with Gasteiger partial charge in [0.05, 0.1) is 6.04 Å². The summed E-state index contributed by atoms with van der Waals surface area (Å²) >= 11 is 0. The number of carbonyl (C=O) groups is 2. The fourth-order valence-electron chi connectivity index (χ4n) is 2.95. The second-order valence-electron chi connectivity index (χ2n) is 7.42. The van der Waals surface area contributed by atoms with Crippen LogP contribution in [0.15, 0.2) is 29.4 Å². The van der Waals surface area contributed by atoms with Crippen molar-refractivity contribution in [1.82, 2.24) is 4.90 Å². The van der Waals surface area contributed by atoms with E-state index in [-0.39, 0.29) is 5.91 Å². The van der Waals surface area contributed by atoms with Crippen LogP contribution in [0.2, 0.25) is 0 Å². The summed E-state index contributed by atoms with van der Waals surface area (Å²) in [7, 11) is 1.65. The minimum atomic E-state index is -0.883. The van der Waals surface area contributed by atoms with E-state index in [0.29, 0.717) is 18.7 Å². The molecule has 1 aromatic carbocycles. The van der Waals surface area contributed by atoms with Gasteiger partial charge in [-0.1, -0.05) is 17.2 Å². The van der Waals surface area contributed by atoms with Gasteiger partial charge in [-0.2, -0.15) is 0 Å². The third kappa shape index (κ3) is 4.46. The molecule has 1 aromatic rings. The van der Waals surface area contributed by atoms with Crippen LogP contribution in [-0.2, 0) is 9.53 Å². The van der Waals surface area contributed by atoms with E-state index in [1.807, 2.05) is 31.2 Å². The van der Waals surface area contributed by atoms with Crippen molar-refractivity contribution >= 4 is 17.7 Å². The summed E-state index contributed by atoms with van der Waals surface area (Å²) in [6.07, 6.45) is -0.161. The van der Waals surface area contributed by atoms with Crippen molar-refractivity contribution in [3.05, 3.63) is 40.3 Å². The maximum absolute atomic E-state index is 13.1. The van der Waals surface area contributed by atoms with Crippen molar-refractivity contribution < 1.29 is 14.3 Å². The molecule has 0 N–H and O–H groups in total. The standard InChI is InChI=1S/C18H25N5O3/c1-12-7-6-8-13(11-12)22(5)16(24)15-14(20-21-19)9-10-23(15)17(25)26-18(2,3)4/h6-8,11,14-15H,9-10H2,1-5H3/t14-,15+/m1/s1. The van der Waals surface area contributed by atoms with E-state index >= 15 is 0 Å². The van der Waals surface area contributed by atoms with Gasteiger partial charge in [0.1, 0.15) is 11.6 Å². The minimum Gasteiger partial charge on any atom is -0.444 e. The number of likely N-dealkylation sites (tertiary alicyclic amines) is 1. The number of rotatable bonds is 3. The molecule has 0 saturated carbocycles. The Kier molecular flexibility index (Phi) is 5.77. The van der Waals surface area contributed by atoms with Gasteiger partial charge in [-0.15, -0.1) is 0 Å². The van der Waals surface area contributed by atoms with Gasteiger partial charge in [0.25, 0.3) is 0 Å². The maximum Gasteiger partial charge on any atom is 0.410 e. The normalized spacial score (nSPS) is 19.7. The van der Waals surface area contributed by atoms with Crippen LogP contribution in [0.3, 0.4) is 0 Å². The zero-order chi connectivity index (χ0) is 19.5. The largest absolute Gasteiger partial charge is 0.444 e. The van der Waals surface area contributed by atoms with E-state index in [4.69, 9.17) is 10.3 Å². The van der Waals surface area contributed by atoms with Crippen LogP contribution in [0, 0.1) is 6.92 Å². The summed E-state index contributed by atoms with van der Waals surface area (Å²) in [6, 6.07) is 6.00. The average molecular weight is 359 g/mol. The van der Waals surface area contributed by atoms with Crippen LogP contribution in [0.1, 0.15) is 32.8 Å². The second-order valence-corrected chi connectivity index (χ2v) is 7.42. The van der Waals surface area contributed by atoms with E-state index < -0.39 is 23.8 Å². The third-order valence-electron chi connectivity index (χ3n) is 4.17. The molecule has 140 valence electrons. The molecule has 0 bridgehead atoms. The lowest BCUT2D eigenvalue weighted by Gasteiger charge is -2.31. The highest BCUT2D eigenvalue weighted by atomic mass is 16.6. The van der Waals surface area contributed by atoms with Crippen molar-refractivity contribution in [2.45, 2.75) is 51.8 Å². The van der Waals surface area contributed by atoms with Crippen LogP contribution >= 0.6 is 0 Å². The Balaban J connectivity index is 2.30. The van der Waals surface area contributed by atoms with Crippen molar-refractivity contribution in [3.8, 4) is 0 Å². The van der Waals surface area contributed by atoms with Gasteiger partial charge in [-0.05, 0) is 57.3 Å². The van der Waals surface area contributed by atoms with E-state index in [2.05, 4.69) is 10.0 Å². The Hall–Kier alpha value is -2.73. The Morgan fingerprint density at radius 2 is 2.08 bits per heavy atom. The number of ether oxygens (including phenoxy) is 1. The van der Waals surface area contributed by atoms with E-state index in [1.54, 1.807) is 27.8 Å². The number of amides is 2. The molecule has 8 heteroatoms. The van der Waals surface area contributed by atoms with Gasteiger partial charge in [0.15, 0.2) is 0 Å². The van der Waals surface area contributed by atoms with E-state index in [9.17, 15) is 9.59 Å². The first kappa shape index (κ1) is 19.6. The number of anilines is 1. The fraction of sp³-hybridized carbons (Fsp3) is 0.556. The van der Waals surface area contributed by atoms with Crippen molar-refractivity contribution in [2.24, 2.45) is 5.11 Å². The van der Waals surface area contributed by atoms with Gasteiger partial charge in [-0.3, -0.25) is 9.69 Å². The van der Waals surface area contributed by atoms with Crippen LogP contribution < -0.4 is 4.90 Å². The molecule has 0 aliphatic carbocycles. The van der Waals surface area contributed by atoms with E-state index in [1.165, 1.54) is 9.80 Å². The van der Waals surface area contributed by atoms with Gasteiger partial charge in [0.2, 0.25) is 5.91 Å². The maximum atomic E-state index is 13.1. The van der Waals surface area contributed by atoms with Gasteiger partial charge < -0.3 is 9.64 Å². The zero-order valence-corrected chi connectivity index (χ0v) is 15.8. The van der Waals surface area contributed by atoms with Crippen molar-refractivity contribution in [2.75, 3.05) is 18.5 Å². The molecular formula is C18H25N5O3. The number of carbonyl (C=O) groups excluding carboxylic acids is 2. The Bertz CT molecular complexity index is 737. The van der Waals surface area contributed by atoms with Crippen molar-refractivity contribution in [3.63, 3.8) is 0 Å². The molecule has 1 aliphatic heterocycles. The fourth-order valence-corrected chi connectivity index (χ4v) is 2.95. The van der Waals surface area contributed by atoms with Crippen LogP contribution in [0.5, 0.6) is 0 Å². The molecule has 2 amide bonds. The molecule has 1 aliphatic rings. The van der Waals surface area contributed by atoms with Gasteiger partial charge >= 0.3 is 6.09 Å². The molecule has 0 spiro atoms. The van der Waals surface area contributed by atoms with Gasteiger partial charge in [0, 0.05) is 24.2 Å². The summed E-state index contributed by atoms with van der Waals surface area (Å²) in [6.45, 7) is 7.54. The smallest absolute Gasteiger partial charge is 0.410 e. The summed E-state index contributed by atoms with van der Waals surface area (Å²) in [5, 5.41) is 3.73. The Morgan fingerprint density at radius 3 is 2.65 bits per heavy atom. The molecule has 1 fully saturated rings. The Morgan fingerprint density at radius 1 is 1.38 bits per heavy atom. The van der Waals surface area contributed by atoms with Crippen LogP contribution in [-0.4, -0.2) is 48.2 Å². The highest BCUT2D eigenvalue weighted by Crippen LogP contribution is 2.27. The summed E-state index contributed by atoms with van der Waals surface area (Å²) < 4.78 is 5.41. The minimum absolute atomic E-state index is 0.302. The SMILES string of the molecule is Cc1cccc(N(C)C(=O)[C@@H]2[C@H](N=[N+]=[N-])CCN2C(=O)OC(C)(C)C)c1. The van der Waals surface area contributed by atoms with E-state index in [0.717, 1.165) is 5.56 Å². The lowest BCUT2D eigenvalue weighted by Crippen LogP contribution is -2.51. The number of hydrogen-bond donors (Lipinski definition) is 0. The quantitative estimate of drug-likeness (QED) is 0.468. The number of hydrogen-bond acceptors (Lipinski definition) is 4. The Labute approximate surface area is 153 Å². The molecule has 0 aromatic heterocycles. The monoisotopic (exact) mass is 359 g/mol. The van der Waals surface area contributed by atoms with Gasteiger partial charge in [-0.25, -0.2) is 4.79 Å². The topological polar surface area (TPSA) is 98.6 Å². The first-order chi connectivity index (χ1) is 12.1. The second kappa shape index (κ2) is 7.66. The van der Waals surface area contributed by atoms with Crippen molar-refractivity contribution in [1.29, 1.82) is 0 Å². The molecular weight excluding hydrogens is 334 g/mol. The lowest BCUT2D eigenvalue weighted by atomic mass is 10.1. The molecule has 26 heavy (non-hydrogen) atoms. The molecule has 0 unspecified atom stereocenters. The summed E-state index contributed by atoms with van der Waals surface area (Å²) in [5.41, 5.74) is 9.88. The summed E-state index contributed by atoms with van der Waals surface area (Å²) in [4.78, 5) is 31.3. The first-order valence-electron chi connectivity index (χ1n) is 8.52. The molecule has 0 radical (unpaired) electrons. The number of aryl methyl sites for hydroxylation is 1. The first-order valence-corrected chi connectivity index (χ1v) is 8.52. The number of azide groups is 1. The molecule has 1 saturated heterocycles. The van der Waals surface area contributed by atoms with Crippen LogP contribution in [0.25, 0.3) is 10.4 Å². The predicted octanol–water partition coefficient (Wildman–Crippen LogP) is 3.65.